The minimum absolute atomic E-state index is 0.0120. The van der Waals surface area contributed by atoms with Gasteiger partial charge in [-0.2, -0.15) is 0 Å². The Morgan fingerprint density at radius 1 is 1.41 bits per heavy atom. The number of likely N-dealkylation sites (tertiary alicyclic amines) is 1. The summed E-state index contributed by atoms with van der Waals surface area (Å²) >= 11 is 0. The molecule has 8 nitrogen and oxygen atoms in total. The number of β-amino-alcohol motifs (C(OH)–C–C–N with tert-alkyl or cyclic N) is 1. The Bertz CT molecular complexity index is 505. The Labute approximate surface area is 130 Å². The van der Waals surface area contributed by atoms with E-state index in [1.54, 1.807) is 4.90 Å². The molecule has 2 rings (SSSR count). The van der Waals surface area contributed by atoms with E-state index in [4.69, 9.17) is 4.74 Å². The molecule has 1 amide bonds. The SMILES string of the molecule is CS(=O)(=O)NC[C@]1(O)CCN(C(=O)C2CCOCC2)C[C@H]1O. The normalized spacial score (nSPS) is 31.2. The summed E-state index contributed by atoms with van der Waals surface area (Å²) in [6, 6.07) is 0. The summed E-state index contributed by atoms with van der Waals surface area (Å²) in [6.07, 6.45) is 1.29. The molecule has 0 saturated carbocycles. The number of hydrogen-bond acceptors (Lipinski definition) is 6. The maximum Gasteiger partial charge on any atom is 0.225 e. The molecule has 2 heterocycles. The molecule has 2 fully saturated rings. The van der Waals surface area contributed by atoms with Crippen molar-refractivity contribution in [3.05, 3.63) is 0 Å². The van der Waals surface area contributed by atoms with Gasteiger partial charge in [-0.3, -0.25) is 4.79 Å². The number of hydrogen-bond donors (Lipinski definition) is 3. The van der Waals surface area contributed by atoms with Crippen LogP contribution in [0.4, 0.5) is 0 Å². The average molecular weight is 336 g/mol. The highest BCUT2D eigenvalue weighted by atomic mass is 32.2. The lowest BCUT2D eigenvalue weighted by Gasteiger charge is -2.43. The van der Waals surface area contributed by atoms with Crippen LogP contribution < -0.4 is 4.72 Å². The van der Waals surface area contributed by atoms with Gasteiger partial charge in [0.2, 0.25) is 15.9 Å². The first-order valence-corrected chi connectivity index (χ1v) is 9.32. The van der Waals surface area contributed by atoms with Crippen LogP contribution in [-0.4, -0.2) is 80.2 Å². The molecule has 0 spiro atoms. The van der Waals surface area contributed by atoms with E-state index in [0.29, 0.717) is 32.6 Å². The summed E-state index contributed by atoms with van der Waals surface area (Å²) in [5.74, 6) is -0.123. The zero-order valence-electron chi connectivity index (χ0n) is 12.7. The van der Waals surface area contributed by atoms with Gasteiger partial charge in [0.15, 0.2) is 0 Å². The zero-order chi connectivity index (χ0) is 16.4. The zero-order valence-corrected chi connectivity index (χ0v) is 13.5. The third-order valence-electron chi connectivity index (χ3n) is 4.35. The van der Waals surface area contributed by atoms with Crippen LogP contribution in [-0.2, 0) is 19.6 Å². The van der Waals surface area contributed by atoms with Crippen LogP contribution in [0.15, 0.2) is 0 Å². The van der Waals surface area contributed by atoms with Crippen molar-refractivity contribution in [1.82, 2.24) is 9.62 Å². The molecule has 0 bridgehead atoms. The van der Waals surface area contributed by atoms with Crippen molar-refractivity contribution < 1.29 is 28.2 Å². The molecule has 2 atom stereocenters. The summed E-state index contributed by atoms with van der Waals surface area (Å²) in [4.78, 5) is 13.9. The molecule has 0 aliphatic carbocycles. The molecule has 0 aromatic rings. The number of nitrogens with zero attached hydrogens (tertiary/aromatic N) is 1. The van der Waals surface area contributed by atoms with Crippen LogP contribution in [0.2, 0.25) is 0 Å². The molecule has 2 aliphatic rings. The Morgan fingerprint density at radius 3 is 2.59 bits per heavy atom. The minimum Gasteiger partial charge on any atom is -0.388 e. The number of sulfonamides is 1. The molecule has 2 saturated heterocycles. The minimum atomic E-state index is -3.45. The van der Waals surface area contributed by atoms with Gasteiger partial charge in [-0.1, -0.05) is 0 Å². The first-order valence-electron chi connectivity index (χ1n) is 7.43. The number of ether oxygens (including phenoxy) is 1. The predicted octanol–water partition coefficient (Wildman–Crippen LogP) is -1.71. The van der Waals surface area contributed by atoms with Gasteiger partial charge in [-0.05, 0) is 19.3 Å². The second-order valence-electron chi connectivity index (χ2n) is 6.13. The number of carbonyl (C=O) groups is 1. The van der Waals surface area contributed by atoms with Gasteiger partial charge in [-0.25, -0.2) is 13.1 Å². The molecule has 0 aromatic carbocycles. The lowest BCUT2D eigenvalue weighted by molar-refractivity contribution is -0.154. The Hall–Kier alpha value is -0.740. The molecular formula is C13H24N2O6S. The molecule has 0 aromatic heterocycles. The van der Waals surface area contributed by atoms with Gasteiger partial charge < -0.3 is 19.8 Å². The molecule has 128 valence electrons. The monoisotopic (exact) mass is 336 g/mol. The van der Waals surface area contributed by atoms with Crippen molar-refractivity contribution in [2.75, 3.05) is 39.1 Å². The first kappa shape index (κ1) is 17.6. The van der Waals surface area contributed by atoms with Crippen molar-refractivity contribution in [3.63, 3.8) is 0 Å². The third-order valence-corrected chi connectivity index (χ3v) is 5.02. The topological polar surface area (TPSA) is 116 Å². The molecule has 2 aliphatic heterocycles. The lowest BCUT2D eigenvalue weighted by atomic mass is 9.87. The van der Waals surface area contributed by atoms with Crippen LogP contribution in [0.25, 0.3) is 0 Å². The second-order valence-corrected chi connectivity index (χ2v) is 7.97. The highest BCUT2D eigenvalue weighted by molar-refractivity contribution is 7.88. The number of piperidine rings is 1. The van der Waals surface area contributed by atoms with Gasteiger partial charge in [0.05, 0.1) is 6.26 Å². The largest absolute Gasteiger partial charge is 0.388 e. The highest BCUT2D eigenvalue weighted by Crippen LogP contribution is 2.25. The Kier molecular flexibility index (Phi) is 5.44. The van der Waals surface area contributed by atoms with Crippen LogP contribution in [0.3, 0.4) is 0 Å². The smallest absolute Gasteiger partial charge is 0.225 e. The fourth-order valence-corrected chi connectivity index (χ4v) is 3.34. The molecule has 9 heteroatoms. The van der Waals surface area contributed by atoms with E-state index >= 15 is 0 Å². The standard InChI is InChI=1S/C13H24N2O6S/c1-22(19,20)14-9-13(18)4-5-15(8-11(13)16)12(17)10-2-6-21-7-3-10/h10-11,14,16,18H,2-9H2,1H3/t11-,13-/m1/s1. The van der Waals surface area contributed by atoms with E-state index in [0.717, 1.165) is 6.26 Å². The molecule has 22 heavy (non-hydrogen) atoms. The molecule has 0 unspecified atom stereocenters. The summed E-state index contributed by atoms with van der Waals surface area (Å²) in [6.45, 7) is 1.18. The van der Waals surface area contributed by atoms with Gasteiger partial charge in [0.25, 0.3) is 0 Å². The van der Waals surface area contributed by atoms with Gasteiger partial charge in [0, 0.05) is 38.8 Å². The maximum absolute atomic E-state index is 12.4. The van der Waals surface area contributed by atoms with Crippen molar-refractivity contribution in [2.45, 2.75) is 31.0 Å². The summed E-state index contributed by atoms with van der Waals surface area (Å²) in [7, 11) is -3.45. The lowest BCUT2D eigenvalue weighted by Crippen LogP contribution is -2.61. The molecule has 3 N–H and O–H groups in total. The molecular weight excluding hydrogens is 312 g/mol. The highest BCUT2D eigenvalue weighted by Gasteiger charge is 2.43. The number of amides is 1. The van der Waals surface area contributed by atoms with E-state index in [1.807, 2.05) is 0 Å². The van der Waals surface area contributed by atoms with Gasteiger partial charge >= 0.3 is 0 Å². The number of nitrogens with one attached hydrogen (secondary N) is 1. The maximum atomic E-state index is 12.4. The van der Waals surface area contributed by atoms with Gasteiger partial charge in [0.1, 0.15) is 11.7 Å². The van der Waals surface area contributed by atoms with E-state index in [-0.39, 0.29) is 31.3 Å². The summed E-state index contributed by atoms with van der Waals surface area (Å²) < 4.78 is 29.7. The summed E-state index contributed by atoms with van der Waals surface area (Å²) in [5.41, 5.74) is -1.55. The van der Waals surface area contributed by atoms with E-state index in [9.17, 15) is 23.4 Å². The predicted molar refractivity (Wildman–Crippen MR) is 78.5 cm³/mol. The number of aliphatic hydroxyl groups excluding tert-OH is 1. The fraction of sp³-hybridized carbons (Fsp3) is 0.923. The van der Waals surface area contributed by atoms with Crippen LogP contribution >= 0.6 is 0 Å². The second kappa shape index (κ2) is 6.79. The molecule has 0 radical (unpaired) electrons. The number of aliphatic hydroxyl groups is 2. The number of carbonyl (C=O) groups excluding carboxylic acids is 1. The average Bonchev–Trinajstić information content (AvgIpc) is 2.48. The van der Waals surface area contributed by atoms with E-state index < -0.39 is 21.7 Å². The Balaban J connectivity index is 1.92. The van der Waals surface area contributed by atoms with Crippen LogP contribution in [0.5, 0.6) is 0 Å². The fourth-order valence-electron chi connectivity index (χ4n) is 2.83. The van der Waals surface area contributed by atoms with Crippen molar-refractivity contribution in [1.29, 1.82) is 0 Å². The summed E-state index contributed by atoms with van der Waals surface area (Å²) in [5, 5.41) is 20.5. The number of rotatable bonds is 4. The quantitative estimate of drug-likeness (QED) is 0.563. The van der Waals surface area contributed by atoms with Crippen molar-refractivity contribution >= 4 is 15.9 Å². The Morgan fingerprint density at radius 2 is 2.05 bits per heavy atom. The third kappa shape index (κ3) is 4.39. The van der Waals surface area contributed by atoms with E-state index in [1.165, 1.54) is 0 Å². The van der Waals surface area contributed by atoms with Crippen molar-refractivity contribution in [3.8, 4) is 0 Å². The van der Waals surface area contributed by atoms with Crippen molar-refractivity contribution in [2.24, 2.45) is 5.92 Å². The van der Waals surface area contributed by atoms with Gasteiger partial charge in [-0.15, -0.1) is 0 Å². The van der Waals surface area contributed by atoms with Crippen LogP contribution in [0, 0.1) is 5.92 Å². The van der Waals surface area contributed by atoms with Crippen LogP contribution in [0.1, 0.15) is 19.3 Å². The first-order chi connectivity index (χ1) is 10.2. The van der Waals surface area contributed by atoms with E-state index in [2.05, 4.69) is 4.72 Å².